The Morgan fingerprint density at radius 1 is 0.841 bits per heavy atom. The highest BCUT2D eigenvalue weighted by atomic mass is 35.5. The van der Waals surface area contributed by atoms with Crippen LogP contribution < -0.4 is 31.9 Å². The lowest BCUT2D eigenvalue weighted by Crippen LogP contribution is -2.76. The van der Waals surface area contributed by atoms with Crippen LogP contribution in [0.15, 0.2) is 71.2 Å². The lowest BCUT2D eigenvalue weighted by atomic mass is 9.74. The molecule has 1 aromatic carbocycles. The van der Waals surface area contributed by atoms with Crippen LogP contribution in [0.4, 0.5) is 13.2 Å². The van der Waals surface area contributed by atoms with E-state index in [1.54, 1.807) is 0 Å². The Morgan fingerprint density at radius 2 is 1.57 bits per heavy atom. The van der Waals surface area contributed by atoms with Gasteiger partial charge in [-0.2, -0.15) is 13.2 Å². The molecule has 498 valence electrons. The number of nitrogens with zero attached hydrogens (tertiary/aromatic N) is 6. The van der Waals surface area contributed by atoms with Crippen LogP contribution in [0.3, 0.4) is 0 Å². The fourth-order valence-electron chi connectivity index (χ4n) is 15.7. The fraction of sp³-hybridized carbons (Fsp3) is 0.775. The van der Waals surface area contributed by atoms with Gasteiger partial charge >= 0.3 is 6.18 Å². The number of carbonyl (C=O) groups excluding carboxylic acids is 1. The van der Waals surface area contributed by atoms with Gasteiger partial charge in [-0.1, -0.05) is 111 Å². The number of aliphatic imine (C=N–C) groups is 1. The van der Waals surface area contributed by atoms with Crippen molar-refractivity contribution in [1.29, 1.82) is 0 Å². The molecular weight excluding hydrogens is 1130 g/mol. The van der Waals surface area contributed by atoms with E-state index >= 15 is 0 Å². The highest BCUT2D eigenvalue weighted by Crippen LogP contribution is 2.41. The first-order valence-electron chi connectivity index (χ1n) is 34.9. The van der Waals surface area contributed by atoms with Crippen molar-refractivity contribution >= 4 is 23.7 Å². The molecule has 5 fully saturated rings. The zero-order chi connectivity index (χ0) is 63.7. The Kier molecular flexibility index (Phi) is 28.0. The molecule has 0 aromatic heterocycles. The minimum atomic E-state index is -4.51. The Hall–Kier alpha value is -3.64. The molecule has 13 nitrogen and oxygen atoms in total. The Labute approximate surface area is 536 Å². The van der Waals surface area contributed by atoms with Crippen molar-refractivity contribution in [2.75, 3.05) is 66.5 Å². The van der Waals surface area contributed by atoms with E-state index in [4.69, 9.17) is 16.6 Å². The highest BCUT2D eigenvalue weighted by molar-refractivity contribution is 6.31. The van der Waals surface area contributed by atoms with Gasteiger partial charge in [0.2, 0.25) is 5.91 Å². The van der Waals surface area contributed by atoms with E-state index < -0.39 is 11.7 Å². The number of benzene rings is 1. The van der Waals surface area contributed by atoms with Crippen LogP contribution in [0.2, 0.25) is 5.02 Å². The number of allylic oxidation sites excluding steroid dienone is 4. The highest BCUT2D eigenvalue weighted by Gasteiger charge is 2.55. The Balaban J connectivity index is 1.18. The number of hydrogen-bond acceptors (Lipinski definition) is 12. The maximum Gasteiger partial charge on any atom is 0.417 e. The van der Waals surface area contributed by atoms with E-state index in [2.05, 4.69) is 159 Å². The lowest BCUT2D eigenvalue weighted by Gasteiger charge is -2.60. The van der Waals surface area contributed by atoms with Gasteiger partial charge in [-0.3, -0.25) is 14.7 Å². The van der Waals surface area contributed by atoms with E-state index in [9.17, 15) is 18.0 Å². The van der Waals surface area contributed by atoms with Gasteiger partial charge in [0.15, 0.2) is 0 Å². The number of rotatable bonds is 11. The zero-order valence-corrected chi connectivity index (χ0v) is 57.5. The molecule has 4 aliphatic heterocycles. The average molecular weight is 1250 g/mol. The molecule has 2 saturated carbocycles. The number of aryl methyl sites for hydroxylation is 1. The number of amides is 1. The van der Waals surface area contributed by atoms with Crippen molar-refractivity contribution in [2.24, 2.45) is 34.6 Å². The summed E-state index contributed by atoms with van der Waals surface area (Å²) >= 11 is 6.20. The van der Waals surface area contributed by atoms with Gasteiger partial charge in [-0.15, -0.1) is 0 Å². The summed E-state index contributed by atoms with van der Waals surface area (Å²) < 4.78 is 41.0. The first-order valence-corrected chi connectivity index (χ1v) is 35.2. The van der Waals surface area contributed by atoms with Crippen molar-refractivity contribution in [3.05, 3.63) is 82.3 Å². The molecule has 6 aliphatic rings. The third-order valence-corrected chi connectivity index (χ3v) is 21.5. The summed E-state index contributed by atoms with van der Waals surface area (Å²) in [5, 5.41) is 23.9. The average Bonchev–Trinajstić information content (AvgIpc) is 0.979. The topological polar surface area (TPSA) is 118 Å². The van der Waals surface area contributed by atoms with Crippen molar-refractivity contribution in [1.82, 2.24) is 56.4 Å². The predicted octanol–water partition coefficient (Wildman–Crippen LogP) is 12.9. The van der Waals surface area contributed by atoms with Crippen LogP contribution in [0.1, 0.15) is 196 Å². The number of alkyl halides is 3. The third-order valence-electron chi connectivity index (χ3n) is 21.2. The van der Waals surface area contributed by atoms with E-state index in [0.717, 1.165) is 121 Å². The van der Waals surface area contributed by atoms with Gasteiger partial charge < -0.3 is 51.5 Å². The quantitative estimate of drug-likeness (QED) is 0.127. The molecule has 0 bridgehead atoms. The molecule has 4 heterocycles. The summed E-state index contributed by atoms with van der Waals surface area (Å²) in [7, 11) is 4.32. The molecule has 0 radical (unpaired) electrons. The second kappa shape index (κ2) is 34.3. The SMILES string of the molecule is CC[C@H](C)[C@H]1CN[C@@H](CC(C)C)C(C)NCC2[C@@H](C(=O)N3CCCC3)C(C)N2[C@@H](C(C)C)C(C)NC2(CCCC2)CNCCN=CC=C(CCc2ccc(C(F)(F)F)c(Cl)c2)NC=CN(C)C=C(CC2CCCCC2)N(C)C=C2CCCN2[C@@H](C)C(C)N1. The van der Waals surface area contributed by atoms with Gasteiger partial charge in [-0.05, 0) is 146 Å². The minimum absolute atomic E-state index is 0.0469. The molecule has 88 heavy (non-hydrogen) atoms. The molecule has 3 saturated heterocycles. The fourth-order valence-corrected chi connectivity index (χ4v) is 16.0. The van der Waals surface area contributed by atoms with Crippen molar-refractivity contribution in [2.45, 2.75) is 258 Å². The van der Waals surface area contributed by atoms with Crippen LogP contribution in [0, 0.1) is 29.6 Å². The summed E-state index contributed by atoms with van der Waals surface area (Å²) in [6.07, 6.45) is 27.6. The number of fused-ring (bicyclic) bond motifs is 2. The van der Waals surface area contributed by atoms with Crippen LogP contribution in [0.5, 0.6) is 0 Å². The molecule has 17 heteroatoms. The van der Waals surface area contributed by atoms with E-state index in [1.165, 1.54) is 68.5 Å². The molecule has 7 rings (SSSR count). The van der Waals surface area contributed by atoms with Gasteiger partial charge in [0.05, 0.1) is 23.0 Å². The summed E-state index contributed by atoms with van der Waals surface area (Å²) in [6, 6.07) is 5.97. The summed E-state index contributed by atoms with van der Waals surface area (Å²) in [5.41, 5.74) is 3.43. The van der Waals surface area contributed by atoms with E-state index in [1.807, 2.05) is 24.7 Å². The first kappa shape index (κ1) is 71.8. The van der Waals surface area contributed by atoms with Gasteiger partial charge in [-0.25, -0.2) is 0 Å². The Bertz CT molecular complexity index is 2450. The van der Waals surface area contributed by atoms with Gasteiger partial charge in [0, 0.05) is 168 Å². The van der Waals surface area contributed by atoms with Crippen LogP contribution in [0.25, 0.3) is 0 Å². The summed E-state index contributed by atoms with van der Waals surface area (Å²) in [5.74, 6) is 2.30. The number of likely N-dealkylation sites (tertiary alicyclic amines) is 1. The number of halogens is 4. The molecule has 1 spiro atoms. The number of hydrogen-bond donors (Lipinski definition) is 6. The number of nitrogens with one attached hydrogen (secondary N) is 6. The largest absolute Gasteiger partial charge is 0.417 e. The first-order chi connectivity index (χ1) is 42.0. The van der Waals surface area contributed by atoms with Crippen molar-refractivity contribution in [3.8, 4) is 0 Å². The maximum absolute atomic E-state index is 14.7. The van der Waals surface area contributed by atoms with Crippen molar-refractivity contribution in [3.63, 3.8) is 0 Å². The van der Waals surface area contributed by atoms with Crippen LogP contribution in [-0.4, -0.2) is 163 Å². The Morgan fingerprint density at radius 3 is 2.24 bits per heavy atom. The van der Waals surface area contributed by atoms with Gasteiger partial charge in [0.1, 0.15) is 0 Å². The third kappa shape index (κ3) is 20.2. The molecule has 1 amide bonds. The standard InChI is InChI=1S/C71H120ClF3N12O/c1-14-51(6)65-44-80-64(41-49(2)3)53(8)79-45-66-67(69(88)85-37-20-21-38-85)56(11)87(66)68(50(4)5)54(9)82-70(31-18-19-32-70)48-77-35-34-76-33-30-59(28-26-58-27-29-62(63(72)43-58)71(73,74)75)78-36-40-83(12)46-61(42-57-23-16-15-17-24-57)84(13)47-60-25-22-39-86(60)55(10)52(7)81-65/h27,29-30,33,36,40,43,46-47,49-57,64-68,77-82H,14-26,28,31-32,34-35,37-39,41-42,44-45,48H2,1-13H3/t51-,52?,53?,54?,55-,56?,64-,65+,66?,67-,68-/m0/s1. The second-order valence-electron chi connectivity index (χ2n) is 28.7. The van der Waals surface area contributed by atoms with Gasteiger partial charge in [0.25, 0.3) is 0 Å². The predicted molar refractivity (Wildman–Crippen MR) is 361 cm³/mol. The lowest BCUT2D eigenvalue weighted by molar-refractivity contribution is -0.160. The molecule has 2 aliphatic carbocycles. The van der Waals surface area contributed by atoms with Crippen LogP contribution >= 0.6 is 11.6 Å². The minimum Gasteiger partial charge on any atom is -0.369 e. The van der Waals surface area contributed by atoms with Crippen LogP contribution in [-0.2, 0) is 17.4 Å². The molecule has 5 unspecified atom stereocenters. The molecule has 6 N–H and O–H groups in total. The normalized spacial score (nSPS) is 30.1. The molecule has 1 aromatic rings. The zero-order valence-electron chi connectivity index (χ0n) is 56.8. The van der Waals surface area contributed by atoms with Crippen molar-refractivity contribution < 1.29 is 18.0 Å². The maximum atomic E-state index is 14.7. The molecule has 11 atom stereocenters. The second-order valence-corrected chi connectivity index (χ2v) is 29.1. The molecular formula is C71H120ClF3N12O. The number of carbonyl (C=O) groups is 1. The smallest absolute Gasteiger partial charge is 0.369 e. The summed E-state index contributed by atoms with van der Waals surface area (Å²) in [6.45, 7) is 32.7. The monoisotopic (exact) mass is 1250 g/mol. The summed E-state index contributed by atoms with van der Waals surface area (Å²) in [4.78, 5) is 31.6. The van der Waals surface area contributed by atoms with E-state index in [-0.39, 0.29) is 70.9 Å². The van der Waals surface area contributed by atoms with E-state index in [0.29, 0.717) is 49.0 Å².